The predicted molar refractivity (Wildman–Crippen MR) is 62.6 cm³/mol. The van der Waals surface area contributed by atoms with E-state index in [9.17, 15) is 0 Å². The molecule has 0 bridgehead atoms. The van der Waals surface area contributed by atoms with Crippen LogP contribution in [-0.2, 0) is 4.74 Å². The van der Waals surface area contributed by atoms with Gasteiger partial charge in [-0.05, 0) is 26.7 Å². The highest BCUT2D eigenvalue weighted by molar-refractivity contribution is 4.76. The lowest BCUT2D eigenvalue weighted by Gasteiger charge is -2.18. The Balaban J connectivity index is 3.46. The molecule has 0 aromatic heterocycles. The molecule has 1 N–H and O–H groups in total. The molecule has 0 radical (unpaired) electrons. The first-order valence-corrected chi connectivity index (χ1v) is 5.70. The Labute approximate surface area is 88.7 Å². The second-order valence-corrected chi connectivity index (χ2v) is 3.63. The summed E-state index contributed by atoms with van der Waals surface area (Å²) >= 11 is 0. The van der Waals surface area contributed by atoms with Gasteiger partial charge < -0.3 is 10.1 Å². The topological polar surface area (TPSA) is 21.3 Å². The van der Waals surface area contributed by atoms with E-state index in [0.29, 0.717) is 12.1 Å². The summed E-state index contributed by atoms with van der Waals surface area (Å²) in [5.41, 5.74) is 0. The molecule has 2 nitrogen and oxygen atoms in total. The summed E-state index contributed by atoms with van der Waals surface area (Å²) in [6.07, 6.45) is 6.73. The third-order valence-electron chi connectivity index (χ3n) is 2.39. The van der Waals surface area contributed by atoms with Crippen molar-refractivity contribution >= 4 is 0 Å². The summed E-state index contributed by atoms with van der Waals surface area (Å²) in [6.45, 7) is 10.2. The highest BCUT2D eigenvalue weighted by Gasteiger charge is 2.05. The van der Waals surface area contributed by atoms with Crippen molar-refractivity contribution in [3.8, 4) is 0 Å². The molecule has 0 aromatic rings. The Bertz CT molecular complexity index is 141. The molecule has 0 rings (SSSR count). The molecular weight excluding hydrogens is 174 g/mol. The van der Waals surface area contributed by atoms with Gasteiger partial charge in [-0.3, -0.25) is 0 Å². The van der Waals surface area contributed by atoms with Crippen LogP contribution in [0.1, 0.15) is 40.5 Å². The average Bonchev–Trinajstić information content (AvgIpc) is 2.20. The Morgan fingerprint density at radius 2 is 1.93 bits per heavy atom. The number of allylic oxidation sites excluding steroid dienone is 1. The normalized spacial score (nSPS) is 14.1. The van der Waals surface area contributed by atoms with E-state index in [-0.39, 0.29) is 0 Å². The average molecular weight is 199 g/mol. The maximum absolute atomic E-state index is 5.57. The van der Waals surface area contributed by atoms with Crippen molar-refractivity contribution in [1.29, 1.82) is 0 Å². The molecule has 0 spiro atoms. The smallest absolute Gasteiger partial charge is 0.0675 e. The van der Waals surface area contributed by atoms with Crippen molar-refractivity contribution in [3.05, 3.63) is 12.2 Å². The molecule has 84 valence electrons. The van der Waals surface area contributed by atoms with Gasteiger partial charge in [0.25, 0.3) is 0 Å². The standard InChI is InChI=1S/C12H25NO/c1-5-8-9-14-11(4)10-13-12(6-2)7-3/h5,8,11-13H,6-7,9-10H2,1-4H3. The van der Waals surface area contributed by atoms with Crippen LogP contribution in [0.5, 0.6) is 0 Å². The van der Waals surface area contributed by atoms with Crippen LogP contribution in [0, 0.1) is 0 Å². The van der Waals surface area contributed by atoms with E-state index in [1.807, 2.05) is 19.1 Å². The Kier molecular flexibility index (Phi) is 9.00. The molecule has 0 amide bonds. The lowest BCUT2D eigenvalue weighted by atomic mass is 10.1. The Hall–Kier alpha value is -0.340. The molecule has 1 unspecified atom stereocenters. The molecule has 1 atom stereocenters. The molecule has 0 saturated heterocycles. The van der Waals surface area contributed by atoms with Crippen molar-refractivity contribution in [3.63, 3.8) is 0 Å². The van der Waals surface area contributed by atoms with Crippen molar-refractivity contribution in [2.75, 3.05) is 13.2 Å². The van der Waals surface area contributed by atoms with E-state index >= 15 is 0 Å². The first-order valence-electron chi connectivity index (χ1n) is 5.70. The Morgan fingerprint density at radius 1 is 1.29 bits per heavy atom. The summed E-state index contributed by atoms with van der Waals surface area (Å²) in [7, 11) is 0. The van der Waals surface area contributed by atoms with Crippen LogP contribution in [0.25, 0.3) is 0 Å². The van der Waals surface area contributed by atoms with Crippen LogP contribution < -0.4 is 5.32 Å². The summed E-state index contributed by atoms with van der Waals surface area (Å²) in [5.74, 6) is 0. The number of hydrogen-bond donors (Lipinski definition) is 1. The van der Waals surface area contributed by atoms with Crippen LogP contribution in [0.2, 0.25) is 0 Å². The molecule has 0 aliphatic rings. The maximum Gasteiger partial charge on any atom is 0.0675 e. The van der Waals surface area contributed by atoms with Gasteiger partial charge in [-0.1, -0.05) is 26.0 Å². The van der Waals surface area contributed by atoms with Crippen molar-refractivity contribution < 1.29 is 4.74 Å². The highest BCUT2D eigenvalue weighted by Crippen LogP contribution is 1.97. The second kappa shape index (κ2) is 9.22. The van der Waals surface area contributed by atoms with Crippen molar-refractivity contribution in [2.45, 2.75) is 52.7 Å². The van der Waals surface area contributed by atoms with Crippen LogP contribution in [-0.4, -0.2) is 25.3 Å². The zero-order valence-corrected chi connectivity index (χ0v) is 10.0. The SMILES string of the molecule is CC=CCOC(C)CNC(CC)CC. The van der Waals surface area contributed by atoms with E-state index in [0.717, 1.165) is 13.2 Å². The highest BCUT2D eigenvalue weighted by atomic mass is 16.5. The van der Waals surface area contributed by atoms with E-state index in [4.69, 9.17) is 4.74 Å². The zero-order chi connectivity index (χ0) is 10.8. The Morgan fingerprint density at radius 3 is 2.43 bits per heavy atom. The maximum atomic E-state index is 5.57. The lowest BCUT2D eigenvalue weighted by molar-refractivity contribution is 0.0851. The quantitative estimate of drug-likeness (QED) is 0.607. The molecule has 0 saturated carbocycles. The molecule has 0 heterocycles. The van der Waals surface area contributed by atoms with Gasteiger partial charge in [0.15, 0.2) is 0 Å². The lowest BCUT2D eigenvalue weighted by Crippen LogP contribution is -2.34. The number of nitrogens with one attached hydrogen (secondary N) is 1. The fraction of sp³-hybridized carbons (Fsp3) is 0.833. The van der Waals surface area contributed by atoms with E-state index in [2.05, 4.69) is 26.1 Å². The number of hydrogen-bond acceptors (Lipinski definition) is 2. The summed E-state index contributed by atoms with van der Waals surface area (Å²) in [6, 6.07) is 0.641. The molecule has 0 aliphatic heterocycles. The first kappa shape index (κ1) is 13.7. The van der Waals surface area contributed by atoms with E-state index in [1.165, 1.54) is 12.8 Å². The summed E-state index contributed by atoms with van der Waals surface area (Å²) in [4.78, 5) is 0. The van der Waals surface area contributed by atoms with Gasteiger partial charge >= 0.3 is 0 Å². The van der Waals surface area contributed by atoms with Crippen molar-refractivity contribution in [2.24, 2.45) is 0 Å². The van der Waals surface area contributed by atoms with Gasteiger partial charge in [-0.2, -0.15) is 0 Å². The van der Waals surface area contributed by atoms with Gasteiger partial charge in [-0.15, -0.1) is 0 Å². The molecule has 0 aromatic carbocycles. The van der Waals surface area contributed by atoms with E-state index in [1.54, 1.807) is 0 Å². The predicted octanol–water partition coefficient (Wildman–Crippen LogP) is 2.75. The van der Waals surface area contributed by atoms with Crippen LogP contribution in [0.4, 0.5) is 0 Å². The van der Waals surface area contributed by atoms with Gasteiger partial charge in [0.2, 0.25) is 0 Å². The third kappa shape index (κ3) is 7.10. The van der Waals surface area contributed by atoms with Crippen LogP contribution in [0.3, 0.4) is 0 Å². The van der Waals surface area contributed by atoms with Gasteiger partial charge in [0, 0.05) is 12.6 Å². The largest absolute Gasteiger partial charge is 0.373 e. The molecular formula is C12H25NO. The second-order valence-electron chi connectivity index (χ2n) is 3.63. The van der Waals surface area contributed by atoms with Crippen LogP contribution >= 0.6 is 0 Å². The number of ether oxygens (including phenoxy) is 1. The fourth-order valence-corrected chi connectivity index (χ4v) is 1.28. The van der Waals surface area contributed by atoms with Crippen molar-refractivity contribution in [1.82, 2.24) is 5.32 Å². The number of rotatable bonds is 8. The summed E-state index contributed by atoms with van der Waals surface area (Å²) < 4.78 is 5.57. The minimum Gasteiger partial charge on any atom is -0.373 e. The third-order valence-corrected chi connectivity index (χ3v) is 2.39. The molecule has 0 aliphatic carbocycles. The van der Waals surface area contributed by atoms with Crippen LogP contribution in [0.15, 0.2) is 12.2 Å². The monoisotopic (exact) mass is 199 g/mol. The fourth-order valence-electron chi connectivity index (χ4n) is 1.28. The zero-order valence-electron chi connectivity index (χ0n) is 10.0. The minimum atomic E-state index is 0.298. The molecule has 14 heavy (non-hydrogen) atoms. The first-order chi connectivity index (χ1) is 6.74. The van der Waals surface area contributed by atoms with Gasteiger partial charge in [0.1, 0.15) is 0 Å². The summed E-state index contributed by atoms with van der Waals surface area (Å²) in [5, 5.41) is 3.50. The van der Waals surface area contributed by atoms with Gasteiger partial charge in [-0.25, -0.2) is 0 Å². The molecule has 0 fully saturated rings. The molecule has 2 heteroatoms. The van der Waals surface area contributed by atoms with Gasteiger partial charge in [0.05, 0.1) is 12.7 Å². The minimum absolute atomic E-state index is 0.298. The van der Waals surface area contributed by atoms with E-state index < -0.39 is 0 Å².